The Hall–Kier alpha value is -0.750. The summed E-state index contributed by atoms with van der Waals surface area (Å²) in [5.41, 5.74) is 0.0190. The molecule has 1 saturated carbocycles. The van der Waals surface area contributed by atoms with Crippen LogP contribution < -0.4 is 5.32 Å². The van der Waals surface area contributed by atoms with E-state index in [0.29, 0.717) is 12.4 Å². The Labute approximate surface area is 144 Å². The van der Waals surface area contributed by atoms with Gasteiger partial charge in [0, 0.05) is 24.8 Å². The van der Waals surface area contributed by atoms with E-state index < -0.39 is 0 Å². The molecule has 6 heteroatoms. The zero-order chi connectivity index (χ0) is 17.0. The molecule has 0 spiro atoms. The van der Waals surface area contributed by atoms with Gasteiger partial charge in [0.1, 0.15) is 6.04 Å². The maximum absolute atomic E-state index is 12.6. The minimum atomic E-state index is -0.289. The van der Waals surface area contributed by atoms with Crippen molar-refractivity contribution in [2.45, 2.75) is 45.6 Å². The van der Waals surface area contributed by atoms with Crippen molar-refractivity contribution in [1.29, 1.82) is 0 Å². The molecule has 0 aromatic rings. The van der Waals surface area contributed by atoms with Crippen molar-refractivity contribution in [3.05, 3.63) is 0 Å². The SMILES string of the molecule is CN(C)CC(C)(C)CNC(=O)C1CSCN1C(=O)C1CCCC1. The molecule has 2 amide bonds. The molecule has 1 saturated heterocycles. The molecule has 2 aliphatic rings. The van der Waals surface area contributed by atoms with Crippen molar-refractivity contribution < 1.29 is 9.59 Å². The van der Waals surface area contributed by atoms with E-state index in [2.05, 4.69) is 24.1 Å². The standard InChI is InChI=1S/C17H31N3O2S/c1-17(2,11-19(3)4)10-18-15(21)14-9-23-12-20(14)16(22)13-7-5-6-8-13/h13-14H,5-12H2,1-4H3,(H,18,21). The minimum Gasteiger partial charge on any atom is -0.354 e. The Morgan fingerprint density at radius 3 is 2.52 bits per heavy atom. The van der Waals surface area contributed by atoms with Gasteiger partial charge >= 0.3 is 0 Å². The molecule has 1 aliphatic heterocycles. The third-order valence-corrected chi connectivity index (χ3v) is 5.67. The summed E-state index contributed by atoms with van der Waals surface area (Å²) >= 11 is 1.69. The van der Waals surface area contributed by atoms with E-state index >= 15 is 0 Å². The molecule has 0 bridgehead atoms. The molecule has 0 aromatic carbocycles. The molecule has 1 atom stereocenters. The van der Waals surface area contributed by atoms with E-state index in [4.69, 9.17) is 0 Å². The highest BCUT2D eigenvalue weighted by Gasteiger charge is 2.38. The van der Waals surface area contributed by atoms with E-state index in [0.717, 1.165) is 38.0 Å². The summed E-state index contributed by atoms with van der Waals surface area (Å²) < 4.78 is 0. The number of nitrogens with one attached hydrogen (secondary N) is 1. The van der Waals surface area contributed by atoms with Crippen molar-refractivity contribution in [2.24, 2.45) is 11.3 Å². The van der Waals surface area contributed by atoms with Crippen LogP contribution in [0.4, 0.5) is 0 Å². The maximum Gasteiger partial charge on any atom is 0.243 e. The lowest BCUT2D eigenvalue weighted by Gasteiger charge is -2.30. The fourth-order valence-corrected chi connectivity index (χ4v) is 4.80. The third kappa shape index (κ3) is 5.11. The van der Waals surface area contributed by atoms with E-state index in [9.17, 15) is 9.59 Å². The quantitative estimate of drug-likeness (QED) is 0.800. The van der Waals surface area contributed by atoms with Gasteiger partial charge in [0.15, 0.2) is 0 Å². The van der Waals surface area contributed by atoms with Crippen LogP contribution >= 0.6 is 11.8 Å². The average Bonchev–Trinajstić information content (AvgIpc) is 3.13. The van der Waals surface area contributed by atoms with Gasteiger partial charge in [0.2, 0.25) is 11.8 Å². The molecule has 1 aliphatic carbocycles. The van der Waals surface area contributed by atoms with Crippen LogP contribution in [0.2, 0.25) is 0 Å². The Morgan fingerprint density at radius 1 is 1.26 bits per heavy atom. The van der Waals surface area contributed by atoms with Crippen molar-refractivity contribution in [3.63, 3.8) is 0 Å². The molecule has 0 radical (unpaired) electrons. The first kappa shape index (κ1) is 18.6. The summed E-state index contributed by atoms with van der Waals surface area (Å²) in [4.78, 5) is 29.2. The number of hydrogen-bond acceptors (Lipinski definition) is 4. The number of nitrogens with zero attached hydrogens (tertiary/aromatic N) is 2. The molecule has 2 rings (SSSR count). The highest BCUT2D eigenvalue weighted by molar-refractivity contribution is 7.99. The van der Waals surface area contributed by atoms with Gasteiger partial charge in [-0.25, -0.2) is 0 Å². The summed E-state index contributed by atoms with van der Waals surface area (Å²) in [7, 11) is 4.08. The molecule has 1 unspecified atom stereocenters. The van der Waals surface area contributed by atoms with Crippen LogP contribution in [0.25, 0.3) is 0 Å². The van der Waals surface area contributed by atoms with Gasteiger partial charge in [0.25, 0.3) is 0 Å². The van der Waals surface area contributed by atoms with Crippen LogP contribution in [-0.2, 0) is 9.59 Å². The van der Waals surface area contributed by atoms with Crippen molar-refractivity contribution >= 4 is 23.6 Å². The maximum atomic E-state index is 12.6. The summed E-state index contributed by atoms with van der Waals surface area (Å²) in [5.74, 6) is 1.73. The molecule has 1 heterocycles. The van der Waals surface area contributed by atoms with Gasteiger partial charge < -0.3 is 15.1 Å². The third-order valence-electron chi connectivity index (χ3n) is 4.66. The predicted octanol–water partition coefficient (Wildman–Crippen LogP) is 1.78. The van der Waals surface area contributed by atoms with Crippen LogP contribution in [0.15, 0.2) is 0 Å². The lowest BCUT2D eigenvalue weighted by molar-refractivity contribution is -0.141. The first-order valence-electron chi connectivity index (χ1n) is 8.61. The summed E-state index contributed by atoms with van der Waals surface area (Å²) in [6, 6.07) is -0.289. The number of rotatable bonds is 6. The van der Waals surface area contributed by atoms with Crippen LogP contribution in [0, 0.1) is 11.3 Å². The molecule has 2 fully saturated rings. The molecule has 0 aromatic heterocycles. The lowest BCUT2D eigenvalue weighted by atomic mass is 9.93. The smallest absolute Gasteiger partial charge is 0.243 e. The zero-order valence-corrected chi connectivity index (χ0v) is 15.7. The first-order chi connectivity index (χ1) is 10.8. The normalized spacial score (nSPS) is 22.8. The Balaban J connectivity index is 1.88. The van der Waals surface area contributed by atoms with Crippen molar-refractivity contribution in [2.75, 3.05) is 38.8 Å². The highest BCUT2D eigenvalue weighted by atomic mass is 32.2. The van der Waals surface area contributed by atoms with Crippen molar-refractivity contribution in [1.82, 2.24) is 15.1 Å². The van der Waals surface area contributed by atoms with E-state index in [1.165, 1.54) is 0 Å². The topological polar surface area (TPSA) is 52.7 Å². The van der Waals surface area contributed by atoms with Crippen molar-refractivity contribution in [3.8, 4) is 0 Å². The number of thioether (sulfide) groups is 1. The monoisotopic (exact) mass is 341 g/mol. The second-order valence-electron chi connectivity index (χ2n) is 7.92. The van der Waals surface area contributed by atoms with Gasteiger partial charge in [-0.2, -0.15) is 0 Å². The summed E-state index contributed by atoms with van der Waals surface area (Å²) in [5, 5.41) is 3.07. The fourth-order valence-electron chi connectivity index (χ4n) is 3.64. The lowest BCUT2D eigenvalue weighted by Crippen LogP contribution is -2.51. The van der Waals surface area contributed by atoms with Gasteiger partial charge in [0.05, 0.1) is 5.88 Å². The van der Waals surface area contributed by atoms with E-state index in [1.807, 2.05) is 19.0 Å². The fraction of sp³-hybridized carbons (Fsp3) is 0.882. The zero-order valence-electron chi connectivity index (χ0n) is 14.9. The van der Waals surface area contributed by atoms with Gasteiger partial charge in [-0.3, -0.25) is 9.59 Å². The largest absolute Gasteiger partial charge is 0.354 e. The van der Waals surface area contributed by atoms with Crippen LogP contribution in [0.3, 0.4) is 0 Å². The average molecular weight is 342 g/mol. The Kier molecular flexibility index (Phi) is 6.37. The molecular formula is C17H31N3O2S. The minimum absolute atomic E-state index is 0.00757. The Morgan fingerprint density at radius 2 is 1.91 bits per heavy atom. The number of hydrogen-bond donors (Lipinski definition) is 1. The molecule has 23 heavy (non-hydrogen) atoms. The van der Waals surface area contributed by atoms with Gasteiger partial charge in [-0.15, -0.1) is 11.8 Å². The second-order valence-corrected chi connectivity index (χ2v) is 8.92. The summed E-state index contributed by atoms with van der Waals surface area (Å²) in [6.45, 7) is 5.85. The van der Waals surface area contributed by atoms with Crippen LogP contribution in [0.1, 0.15) is 39.5 Å². The van der Waals surface area contributed by atoms with Crippen LogP contribution in [-0.4, -0.2) is 66.5 Å². The Bertz CT molecular complexity index is 434. The molecule has 132 valence electrons. The highest BCUT2D eigenvalue weighted by Crippen LogP contribution is 2.30. The number of carbonyl (C=O) groups excluding carboxylic acids is 2. The van der Waals surface area contributed by atoms with E-state index in [-0.39, 0.29) is 29.2 Å². The number of amides is 2. The second kappa shape index (κ2) is 7.88. The van der Waals surface area contributed by atoms with Gasteiger partial charge in [-0.1, -0.05) is 26.7 Å². The first-order valence-corrected chi connectivity index (χ1v) is 9.76. The van der Waals surface area contributed by atoms with E-state index in [1.54, 1.807) is 11.8 Å². The molecular weight excluding hydrogens is 310 g/mol. The van der Waals surface area contributed by atoms with Gasteiger partial charge in [-0.05, 0) is 32.4 Å². The molecule has 1 N–H and O–H groups in total. The molecule has 5 nitrogen and oxygen atoms in total. The number of carbonyl (C=O) groups is 2. The summed E-state index contributed by atoms with van der Waals surface area (Å²) in [6.07, 6.45) is 4.27. The predicted molar refractivity (Wildman–Crippen MR) is 95.3 cm³/mol. The van der Waals surface area contributed by atoms with Crippen LogP contribution in [0.5, 0.6) is 0 Å².